The summed E-state index contributed by atoms with van der Waals surface area (Å²) in [5, 5.41) is 5.23. The van der Waals surface area contributed by atoms with Gasteiger partial charge in [0.05, 0.1) is 10.0 Å². The summed E-state index contributed by atoms with van der Waals surface area (Å²) in [4.78, 5) is 2.10. The van der Waals surface area contributed by atoms with E-state index in [1.54, 1.807) is 0 Å². The Kier molecular flexibility index (Phi) is 5.14. The summed E-state index contributed by atoms with van der Waals surface area (Å²) in [7, 11) is -3.89. The Hall–Kier alpha value is -0.530. The largest absolute Gasteiger partial charge is 0.491 e. The van der Waals surface area contributed by atoms with Crippen molar-refractivity contribution in [1.29, 1.82) is 0 Å². The first kappa shape index (κ1) is 15.9. The molecule has 1 aliphatic rings. The van der Waals surface area contributed by atoms with Crippen LogP contribution in [0.15, 0.2) is 17.0 Å². The first-order valence-corrected chi connectivity index (χ1v) is 8.55. The van der Waals surface area contributed by atoms with Gasteiger partial charge in [0.2, 0.25) is 10.0 Å². The minimum absolute atomic E-state index is 0.00747. The van der Waals surface area contributed by atoms with Crippen LogP contribution in [0.3, 0.4) is 0 Å². The normalized spacial score (nSPS) is 16.6. The number of sulfonamides is 1. The van der Waals surface area contributed by atoms with E-state index in [9.17, 15) is 8.42 Å². The molecule has 1 aromatic carbocycles. The lowest BCUT2D eigenvalue weighted by molar-refractivity contribution is 0.238. The van der Waals surface area contributed by atoms with Crippen molar-refractivity contribution in [2.24, 2.45) is 5.14 Å². The van der Waals surface area contributed by atoms with Gasteiger partial charge in [-0.25, -0.2) is 13.6 Å². The van der Waals surface area contributed by atoms with E-state index in [0.717, 1.165) is 19.6 Å². The predicted molar refractivity (Wildman–Crippen MR) is 79.0 cm³/mol. The smallest absolute Gasteiger partial charge is 0.239 e. The second-order valence-corrected chi connectivity index (χ2v) is 7.00. The summed E-state index contributed by atoms with van der Waals surface area (Å²) in [5.41, 5.74) is 0. The molecule has 1 fully saturated rings. The lowest BCUT2D eigenvalue weighted by atomic mass is 10.3. The molecular weight excluding hydrogens is 323 g/mol. The van der Waals surface area contributed by atoms with E-state index in [1.807, 2.05) is 0 Å². The summed E-state index contributed by atoms with van der Waals surface area (Å²) < 4.78 is 28.1. The fraction of sp³-hybridized carbons (Fsp3) is 0.500. The van der Waals surface area contributed by atoms with Gasteiger partial charge in [-0.1, -0.05) is 23.2 Å². The lowest BCUT2D eigenvalue weighted by Crippen LogP contribution is -2.25. The minimum Gasteiger partial charge on any atom is -0.491 e. The molecule has 0 bridgehead atoms. The van der Waals surface area contributed by atoms with Crippen LogP contribution in [0.4, 0.5) is 0 Å². The van der Waals surface area contributed by atoms with Crippen LogP contribution in [-0.4, -0.2) is 39.6 Å². The average molecular weight is 339 g/mol. The summed E-state index contributed by atoms with van der Waals surface area (Å²) >= 11 is 11.9. The van der Waals surface area contributed by atoms with Gasteiger partial charge in [-0.2, -0.15) is 0 Å². The highest BCUT2D eigenvalue weighted by molar-refractivity contribution is 7.89. The van der Waals surface area contributed by atoms with Gasteiger partial charge in [-0.3, -0.25) is 4.90 Å². The third kappa shape index (κ3) is 3.99. The predicted octanol–water partition coefficient (Wildman–Crippen LogP) is 2.12. The number of benzene rings is 1. The average Bonchev–Trinajstić information content (AvgIpc) is 2.84. The van der Waals surface area contributed by atoms with Gasteiger partial charge in [-0.15, -0.1) is 0 Å². The number of hydrogen-bond donors (Lipinski definition) is 1. The van der Waals surface area contributed by atoms with Crippen LogP contribution in [0.1, 0.15) is 12.8 Å². The van der Waals surface area contributed by atoms with Crippen molar-refractivity contribution in [3.05, 3.63) is 22.2 Å². The monoisotopic (exact) mass is 338 g/mol. The second-order valence-electron chi connectivity index (χ2n) is 4.66. The maximum atomic E-state index is 11.3. The molecule has 1 aliphatic heterocycles. The number of halogens is 2. The second kappa shape index (κ2) is 6.49. The number of nitrogens with two attached hydrogens (primary N) is 1. The maximum absolute atomic E-state index is 11.3. The Bertz CT molecular complexity index is 587. The number of primary sulfonamides is 1. The lowest BCUT2D eigenvalue weighted by Gasteiger charge is -2.16. The van der Waals surface area contributed by atoms with Crippen molar-refractivity contribution in [3.63, 3.8) is 0 Å². The van der Waals surface area contributed by atoms with Gasteiger partial charge in [0, 0.05) is 12.6 Å². The van der Waals surface area contributed by atoms with Crippen molar-refractivity contribution in [3.8, 4) is 5.75 Å². The van der Waals surface area contributed by atoms with Crippen LogP contribution in [0, 0.1) is 0 Å². The Labute approximate surface area is 128 Å². The van der Waals surface area contributed by atoms with Gasteiger partial charge in [0.1, 0.15) is 17.3 Å². The fourth-order valence-electron chi connectivity index (χ4n) is 2.13. The van der Waals surface area contributed by atoms with E-state index in [4.69, 9.17) is 33.1 Å². The van der Waals surface area contributed by atoms with E-state index in [2.05, 4.69) is 4.90 Å². The summed E-state index contributed by atoms with van der Waals surface area (Å²) in [6, 6.07) is 2.60. The third-order valence-electron chi connectivity index (χ3n) is 3.16. The van der Waals surface area contributed by atoms with E-state index >= 15 is 0 Å². The first-order chi connectivity index (χ1) is 9.38. The van der Waals surface area contributed by atoms with Gasteiger partial charge in [0.15, 0.2) is 0 Å². The zero-order valence-electron chi connectivity index (χ0n) is 10.8. The molecule has 0 aliphatic carbocycles. The van der Waals surface area contributed by atoms with Gasteiger partial charge < -0.3 is 4.74 Å². The van der Waals surface area contributed by atoms with Crippen molar-refractivity contribution in [1.82, 2.24) is 4.90 Å². The standard InChI is InChI=1S/C12H16Cl2N2O3S/c13-9-8-12(20(15,17)18)10(14)7-11(9)19-6-5-16-3-1-2-4-16/h7-8H,1-6H2,(H2,15,17,18). The van der Waals surface area contributed by atoms with Crippen molar-refractivity contribution < 1.29 is 13.2 Å². The van der Waals surface area contributed by atoms with Crippen LogP contribution >= 0.6 is 23.2 Å². The quantitative estimate of drug-likeness (QED) is 0.892. The Balaban J connectivity index is 2.03. The third-order valence-corrected chi connectivity index (χ3v) is 4.83. The zero-order valence-corrected chi connectivity index (χ0v) is 13.1. The van der Waals surface area contributed by atoms with Crippen molar-refractivity contribution in [2.45, 2.75) is 17.7 Å². The molecule has 20 heavy (non-hydrogen) atoms. The molecule has 1 heterocycles. The van der Waals surface area contributed by atoms with E-state index in [-0.39, 0.29) is 14.9 Å². The van der Waals surface area contributed by atoms with Crippen LogP contribution in [0.25, 0.3) is 0 Å². The first-order valence-electron chi connectivity index (χ1n) is 6.25. The Morgan fingerprint density at radius 3 is 2.45 bits per heavy atom. The molecule has 112 valence electrons. The molecule has 1 aromatic rings. The highest BCUT2D eigenvalue weighted by Gasteiger charge is 2.17. The Morgan fingerprint density at radius 1 is 1.20 bits per heavy atom. The highest BCUT2D eigenvalue weighted by Crippen LogP contribution is 2.33. The van der Waals surface area contributed by atoms with Gasteiger partial charge >= 0.3 is 0 Å². The number of ether oxygens (including phenoxy) is 1. The molecule has 0 amide bonds. The topological polar surface area (TPSA) is 72.6 Å². The fourth-order valence-corrected chi connectivity index (χ4v) is 3.50. The molecule has 2 N–H and O–H groups in total. The van der Waals surface area contributed by atoms with E-state index in [0.29, 0.717) is 12.4 Å². The Morgan fingerprint density at radius 2 is 1.85 bits per heavy atom. The summed E-state index contributed by atoms with van der Waals surface area (Å²) in [5.74, 6) is 0.364. The molecule has 0 unspecified atom stereocenters. The zero-order chi connectivity index (χ0) is 14.8. The molecule has 2 rings (SSSR count). The van der Waals surface area contributed by atoms with Crippen LogP contribution in [-0.2, 0) is 10.0 Å². The number of likely N-dealkylation sites (tertiary alicyclic amines) is 1. The highest BCUT2D eigenvalue weighted by atomic mass is 35.5. The SMILES string of the molecule is NS(=O)(=O)c1cc(Cl)c(OCCN2CCCC2)cc1Cl. The summed E-state index contributed by atoms with van der Waals surface area (Å²) in [6.45, 7) is 3.46. The molecule has 0 atom stereocenters. The van der Waals surface area contributed by atoms with Gasteiger partial charge in [0.25, 0.3) is 0 Å². The molecule has 1 saturated heterocycles. The molecule has 8 heteroatoms. The molecule has 0 saturated carbocycles. The van der Waals surface area contributed by atoms with E-state index < -0.39 is 10.0 Å². The molecule has 5 nitrogen and oxygen atoms in total. The minimum atomic E-state index is -3.89. The maximum Gasteiger partial charge on any atom is 0.239 e. The van der Waals surface area contributed by atoms with Crippen molar-refractivity contribution >= 4 is 33.2 Å². The molecular formula is C12H16Cl2N2O3S. The van der Waals surface area contributed by atoms with Crippen LogP contribution in [0.2, 0.25) is 10.0 Å². The van der Waals surface area contributed by atoms with Gasteiger partial charge in [-0.05, 0) is 32.0 Å². The molecule has 0 aromatic heterocycles. The van der Waals surface area contributed by atoms with E-state index in [1.165, 1.54) is 25.0 Å². The van der Waals surface area contributed by atoms with Crippen LogP contribution in [0.5, 0.6) is 5.75 Å². The van der Waals surface area contributed by atoms with Crippen LogP contribution < -0.4 is 9.88 Å². The molecule has 0 radical (unpaired) electrons. The summed E-state index contributed by atoms with van der Waals surface area (Å²) in [6.07, 6.45) is 2.44. The number of rotatable bonds is 5. The molecule has 0 spiro atoms. The van der Waals surface area contributed by atoms with Crippen molar-refractivity contribution in [2.75, 3.05) is 26.2 Å². The number of hydrogen-bond acceptors (Lipinski definition) is 4. The number of nitrogens with zero attached hydrogens (tertiary/aromatic N) is 1.